The van der Waals surface area contributed by atoms with Crippen LogP contribution >= 0.6 is 0 Å². The highest BCUT2D eigenvalue weighted by Crippen LogP contribution is 2.21. The molecular formula is C21H27NO4. The zero-order valence-electron chi connectivity index (χ0n) is 15.6. The highest BCUT2D eigenvalue weighted by atomic mass is 16.5. The molecule has 0 unspecified atom stereocenters. The minimum absolute atomic E-state index is 0.158. The third-order valence-corrected chi connectivity index (χ3v) is 4.52. The molecule has 0 saturated heterocycles. The number of imide groups is 1. The smallest absolute Gasteiger partial charge is 0.310 e. The molecule has 0 saturated carbocycles. The van der Waals surface area contributed by atoms with Crippen molar-refractivity contribution in [3.05, 3.63) is 46.5 Å². The first kappa shape index (κ1) is 19.9. The van der Waals surface area contributed by atoms with Crippen molar-refractivity contribution in [2.45, 2.75) is 65.4 Å². The Hall–Kier alpha value is -2.43. The Balaban J connectivity index is 2.05. The zero-order valence-corrected chi connectivity index (χ0v) is 15.6. The number of benzene rings is 1. The summed E-state index contributed by atoms with van der Waals surface area (Å²) in [5, 5.41) is 2.13. The predicted molar refractivity (Wildman–Crippen MR) is 99.3 cm³/mol. The van der Waals surface area contributed by atoms with Gasteiger partial charge in [-0.2, -0.15) is 0 Å². The fourth-order valence-electron chi connectivity index (χ4n) is 3.02. The molecule has 0 radical (unpaired) electrons. The number of unbranched alkanes of at least 4 members (excludes halogenated alkanes) is 2. The molecule has 2 amide bonds. The molecule has 1 aromatic rings. The second-order valence-corrected chi connectivity index (χ2v) is 6.59. The van der Waals surface area contributed by atoms with E-state index < -0.39 is 17.8 Å². The number of rotatable bonds is 10. The van der Waals surface area contributed by atoms with Crippen molar-refractivity contribution in [1.82, 2.24) is 5.32 Å². The van der Waals surface area contributed by atoms with Gasteiger partial charge in [0.1, 0.15) is 6.61 Å². The maximum atomic E-state index is 12.1. The summed E-state index contributed by atoms with van der Waals surface area (Å²) in [5.74, 6) is -1.49. The van der Waals surface area contributed by atoms with Crippen LogP contribution in [0, 0.1) is 0 Å². The number of hydrogen-bond acceptors (Lipinski definition) is 4. The predicted octanol–water partition coefficient (Wildman–Crippen LogP) is 3.39. The molecule has 0 bridgehead atoms. The summed E-state index contributed by atoms with van der Waals surface area (Å²) in [6, 6.07) is 6.26. The number of esters is 1. The molecule has 1 aliphatic heterocycles. The number of carbonyl (C=O) groups is 3. The van der Waals surface area contributed by atoms with Crippen molar-refractivity contribution in [3.63, 3.8) is 0 Å². The van der Waals surface area contributed by atoms with Crippen molar-refractivity contribution >= 4 is 17.8 Å². The van der Waals surface area contributed by atoms with Crippen LogP contribution in [0.1, 0.15) is 62.6 Å². The third-order valence-electron chi connectivity index (χ3n) is 4.52. The second-order valence-electron chi connectivity index (χ2n) is 6.59. The van der Waals surface area contributed by atoms with E-state index in [4.69, 9.17) is 4.74 Å². The number of carbonyl (C=O) groups excluding carboxylic acids is 3. The van der Waals surface area contributed by atoms with E-state index in [1.807, 2.05) is 0 Å². The van der Waals surface area contributed by atoms with Crippen LogP contribution < -0.4 is 5.32 Å². The van der Waals surface area contributed by atoms with Crippen molar-refractivity contribution in [2.24, 2.45) is 0 Å². The van der Waals surface area contributed by atoms with Gasteiger partial charge in [-0.15, -0.1) is 0 Å². The van der Waals surface area contributed by atoms with E-state index in [1.54, 1.807) is 0 Å². The molecule has 1 aliphatic rings. The van der Waals surface area contributed by atoms with Crippen molar-refractivity contribution < 1.29 is 19.1 Å². The van der Waals surface area contributed by atoms with E-state index in [2.05, 4.69) is 37.4 Å². The molecule has 26 heavy (non-hydrogen) atoms. The number of aryl methyl sites for hydroxylation is 2. The van der Waals surface area contributed by atoms with Gasteiger partial charge in [-0.3, -0.25) is 19.7 Å². The summed E-state index contributed by atoms with van der Waals surface area (Å²) < 4.78 is 5.44. The van der Waals surface area contributed by atoms with Gasteiger partial charge in [-0.1, -0.05) is 44.9 Å². The standard InChI is InChI=1S/C21H27NO4/c1-3-5-8-15-10-7-11-16(9-6-4-2)18(15)14-26-20(24)13-17-12-19(23)22-21(17)25/h7,10-12H,3-6,8-9,13-14H2,1-2H3,(H,22,23,25). The molecule has 140 valence electrons. The third kappa shape index (κ3) is 5.55. The monoisotopic (exact) mass is 357 g/mol. The maximum absolute atomic E-state index is 12.1. The van der Waals surface area contributed by atoms with E-state index in [1.165, 1.54) is 11.1 Å². The quantitative estimate of drug-likeness (QED) is 0.515. The van der Waals surface area contributed by atoms with Crippen LogP contribution in [0.3, 0.4) is 0 Å². The Morgan fingerprint density at radius 3 is 2.15 bits per heavy atom. The second kappa shape index (κ2) is 9.90. The summed E-state index contributed by atoms with van der Waals surface area (Å²) in [5.41, 5.74) is 3.69. The van der Waals surface area contributed by atoms with Gasteiger partial charge < -0.3 is 4.74 Å². The lowest BCUT2D eigenvalue weighted by atomic mass is 9.94. The average Bonchev–Trinajstić information content (AvgIpc) is 2.93. The fraction of sp³-hybridized carbons (Fsp3) is 0.476. The summed E-state index contributed by atoms with van der Waals surface area (Å²) in [6.07, 6.45) is 7.30. The van der Waals surface area contributed by atoms with Gasteiger partial charge >= 0.3 is 5.97 Å². The average molecular weight is 357 g/mol. The Kier molecular flexibility index (Phi) is 7.57. The lowest BCUT2D eigenvalue weighted by Crippen LogP contribution is -2.23. The minimum Gasteiger partial charge on any atom is -0.461 e. The van der Waals surface area contributed by atoms with Crippen LogP contribution in [0.5, 0.6) is 0 Å². The minimum atomic E-state index is -0.515. The lowest BCUT2D eigenvalue weighted by Gasteiger charge is -2.15. The van der Waals surface area contributed by atoms with Crippen molar-refractivity contribution in [1.29, 1.82) is 0 Å². The van der Waals surface area contributed by atoms with Gasteiger partial charge in [-0.05, 0) is 42.4 Å². The number of nitrogens with one attached hydrogen (secondary N) is 1. The number of hydrogen-bond donors (Lipinski definition) is 1. The molecule has 0 atom stereocenters. The van der Waals surface area contributed by atoms with Crippen LogP contribution in [-0.4, -0.2) is 17.8 Å². The van der Waals surface area contributed by atoms with Crippen LogP contribution in [-0.2, 0) is 38.6 Å². The molecular weight excluding hydrogens is 330 g/mol. The first-order valence-electron chi connectivity index (χ1n) is 9.36. The Morgan fingerprint density at radius 1 is 1.04 bits per heavy atom. The molecule has 0 aromatic heterocycles. The summed E-state index contributed by atoms with van der Waals surface area (Å²) in [4.78, 5) is 34.8. The van der Waals surface area contributed by atoms with Gasteiger partial charge in [0.15, 0.2) is 0 Å². The van der Waals surface area contributed by atoms with Crippen LogP contribution in [0.25, 0.3) is 0 Å². The molecule has 5 nitrogen and oxygen atoms in total. The van der Waals surface area contributed by atoms with E-state index in [-0.39, 0.29) is 18.6 Å². The van der Waals surface area contributed by atoms with Crippen molar-refractivity contribution in [3.8, 4) is 0 Å². The first-order chi connectivity index (χ1) is 12.5. The molecule has 1 heterocycles. The Morgan fingerprint density at radius 2 is 1.65 bits per heavy atom. The van der Waals surface area contributed by atoms with Crippen molar-refractivity contribution in [2.75, 3.05) is 0 Å². The molecule has 0 spiro atoms. The van der Waals surface area contributed by atoms with E-state index in [9.17, 15) is 14.4 Å². The van der Waals surface area contributed by atoms with Gasteiger partial charge in [0, 0.05) is 11.6 Å². The maximum Gasteiger partial charge on any atom is 0.310 e. The van der Waals surface area contributed by atoms with Gasteiger partial charge in [0.2, 0.25) is 0 Å². The topological polar surface area (TPSA) is 72.5 Å². The summed E-state index contributed by atoms with van der Waals surface area (Å²) in [7, 11) is 0. The van der Waals surface area contributed by atoms with Gasteiger partial charge in [0.05, 0.1) is 6.42 Å². The molecule has 1 N–H and O–H groups in total. The van der Waals surface area contributed by atoms with E-state index in [0.29, 0.717) is 0 Å². The normalized spacial score (nSPS) is 13.5. The largest absolute Gasteiger partial charge is 0.461 e. The van der Waals surface area contributed by atoms with Gasteiger partial charge in [0.25, 0.3) is 11.8 Å². The lowest BCUT2D eigenvalue weighted by molar-refractivity contribution is -0.144. The van der Waals surface area contributed by atoms with Crippen LogP contribution in [0.4, 0.5) is 0 Å². The Bertz CT molecular complexity index is 680. The first-order valence-corrected chi connectivity index (χ1v) is 9.36. The van der Waals surface area contributed by atoms with E-state index >= 15 is 0 Å². The number of amides is 2. The highest BCUT2D eigenvalue weighted by molar-refractivity contribution is 6.17. The molecule has 2 rings (SSSR count). The SMILES string of the molecule is CCCCc1cccc(CCCC)c1COC(=O)CC1=CC(=O)NC1=O. The molecule has 0 aliphatic carbocycles. The number of ether oxygens (including phenoxy) is 1. The van der Waals surface area contributed by atoms with E-state index in [0.717, 1.165) is 50.2 Å². The molecule has 5 heteroatoms. The Labute approximate surface area is 154 Å². The molecule has 1 aromatic carbocycles. The van der Waals surface area contributed by atoms with Crippen LogP contribution in [0.2, 0.25) is 0 Å². The zero-order chi connectivity index (χ0) is 18.9. The highest BCUT2D eigenvalue weighted by Gasteiger charge is 2.23. The van der Waals surface area contributed by atoms with Gasteiger partial charge in [-0.25, -0.2) is 0 Å². The summed E-state index contributed by atoms with van der Waals surface area (Å²) in [6.45, 7) is 4.52. The fourth-order valence-corrected chi connectivity index (χ4v) is 3.02. The summed E-state index contributed by atoms with van der Waals surface area (Å²) >= 11 is 0. The molecule has 0 fully saturated rings. The van der Waals surface area contributed by atoms with Crippen LogP contribution in [0.15, 0.2) is 29.8 Å².